The number of halogens is 1. The van der Waals surface area contributed by atoms with E-state index in [2.05, 4.69) is 10.1 Å². The summed E-state index contributed by atoms with van der Waals surface area (Å²) in [7, 11) is 0. The summed E-state index contributed by atoms with van der Waals surface area (Å²) in [4.78, 5) is 28.2. The zero-order valence-corrected chi connectivity index (χ0v) is 11.6. The van der Waals surface area contributed by atoms with E-state index in [9.17, 15) is 9.59 Å². The molecule has 0 radical (unpaired) electrons. The number of hydrogen-bond acceptors (Lipinski definition) is 4. The predicted octanol–water partition coefficient (Wildman–Crippen LogP) is 1.36. The highest BCUT2D eigenvalue weighted by Crippen LogP contribution is 2.30. The van der Waals surface area contributed by atoms with Crippen molar-refractivity contribution in [3.05, 3.63) is 35.9 Å². The predicted molar refractivity (Wildman–Crippen MR) is 74.5 cm³/mol. The van der Waals surface area contributed by atoms with Crippen LogP contribution in [0.2, 0.25) is 5.02 Å². The molecule has 1 saturated heterocycles. The number of nitrogens with zero attached hydrogens (tertiary/aromatic N) is 4. The average molecular weight is 307 g/mol. The monoisotopic (exact) mass is 306 g/mol. The minimum Gasteiger partial charge on any atom is -0.481 e. The molecule has 21 heavy (non-hydrogen) atoms. The summed E-state index contributed by atoms with van der Waals surface area (Å²) in [6, 6.07) is 5.06. The molecule has 7 nitrogen and oxygen atoms in total. The number of anilines is 1. The summed E-state index contributed by atoms with van der Waals surface area (Å²) < 4.78 is 1.51. The Bertz CT molecular complexity index is 701. The van der Waals surface area contributed by atoms with E-state index in [1.54, 1.807) is 18.2 Å². The molecule has 1 aromatic heterocycles. The van der Waals surface area contributed by atoms with Crippen molar-refractivity contribution in [1.82, 2.24) is 14.8 Å². The fourth-order valence-corrected chi connectivity index (χ4v) is 2.57. The van der Waals surface area contributed by atoms with Crippen LogP contribution in [0.4, 0.5) is 5.69 Å². The Labute approximate surface area is 124 Å². The maximum atomic E-state index is 11.9. The number of carboxylic acid groups (broad SMARTS) is 1. The maximum absolute atomic E-state index is 11.9. The third kappa shape index (κ3) is 2.47. The molecular formula is C13H11ClN4O3. The molecule has 3 rings (SSSR count). The second-order valence-electron chi connectivity index (χ2n) is 4.72. The van der Waals surface area contributed by atoms with Gasteiger partial charge in [-0.1, -0.05) is 11.6 Å². The first kappa shape index (κ1) is 13.6. The van der Waals surface area contributed by atoms with Crippen molar-refractivity contribution in [2.24, 2.45) is 5.92 Å². The van der Waals surface area contributed by atoms with Gasteiger partial charge in [-0.25, -0.2) is 9.67 Å². The Morgan fingerprint density at radius 3 is 2.81 bits per heavy atom. The van der Waals surface area contributed by atoms with Gasteiger partial charge >= 0.3 is 5.97 Å². The van der Waals surface area contributed by atoms with Crippen LogP contribution in [0.5, 0.6) is 0 Å². The van der Waals surface area contributed by atoms with E-state index in [1.165, 1.54) is 22.2 Å². The summed E-state index contributed by atoms with van der Waals surface area (Å²) in [6.07, 6.45) is 2.92. The van der Waals surface area contributed by atoms with E-state index in [4.69, 9.17) is 16.7 Å². The van der Waals surface area contributed by atoms with Crippen molar-refractivity contribution in [2.45, 2.75) is 6.42 Å². The highest BCUT2D eigenvalue weighted by atomic mass is 35.5. The SMILES string of the molecule is O=C(O)C1CC(=O)N(c2ccc(-n3cncn3)c(Cl)c2)C1. The highest BCUT2D eigenvalue weighted by molar-refractivity contribution is 6.32. The molecule has 2 heterocycles. The van der Waals surface area contributed by atoms with Gasteiger partial charge in [-0.15, -0.1) is 0 Å². The lowest BCUT2D eigenvalue weighted by atomic mass is 10.1. The number of carboxylic acids is 1. The number of amides is 1. The number of rotatable bonds is 3. The Balaban J connectivity index is 1.89. The number of carbonyl (C=O) groups excluding carboxylic acids is 1. The molecular weight excluding hydrogens is 296 g/mol. The van der Waals surface area contributed by atoms with Crippen LogP contribution in [0.1, 0.15) is 6.42 Å². The fourth-order valence-electron chi connectivity index (χ4n) is 2.30. The zero-order chi connectivity index (χ0) is 15.0. The molecule has 1 N–H and O–H groups in total. The molecule has 1 atom stereocenters. The number of aromatic nitrogens is 3. The van der Waals surface area contributed by atoms with Crippen molar-refractivity contribution in [1.29, 1.82) is 0 Å². The Morgan fingerprint density at radius 1 is 1.43 bits per heavy atom. The fraction of sp³-hybridized carbons (Fsp3) is 0.231. The average Bonchev–Trinajstić information content (AvgIpc) is 3.07. The summed E-state index contributed by atoms with van der Waals surface area (Å²) in [5.74, 6) is -1.85. The molecule has 1 aliphatic rings. The first-order chi connectivity index (χ1) is 10.1. The van der Waals surface area contributed by atoms with Gasteiger partial charge < -0.3 is 10.0 Å². The van der Waals surface area contributed by atoms with Crippen LogP contribution in [-0.4, -0.2) is 38.3 Å². The third-order valence-corrected chi connectivity index (χ3v) is 3.69. The third-order valence-electron chi connectivity index (χ3n) is 3.38. The quantitative estimate of drug-likeness (QED) is 0.925. The maximum Gasteiger partial charge on any atom is 0.308 e. The molecule has 0 spiro atoms. The summed E-state index contributed by atoms with van der Waals surface area (Å²) >= 11 is 6.20. The van der Waals surface area contributed by atoms with Crippen LogP contribution in [0.15, 0.2) is 30.9 Å². The number of benzene rings is 1. The van der Waals surface area contributed by atoms with Gasteiger partial charge in [0, 0.05) is 18.7 Å². The largest absolute Gasteiger partial charge is 0.481 e. The van der Waals surface area contributed by atoms with Crippen LogP contribution >= 0.6 is 11.6 Å². The molecule has 0 saturated carbocycles. The molecule has 2 aromatic rings. The molecule has 1 amide bonds. The van der Waals surface area contributed by atoms with Crippen LogP contribution in [-0.2, 0) is 9.59 Å². The zero-order valence-electron chi connectivity index (χ0n) is 10.8. The summed E-state index contributed by atoms with van der Waals surface area (Å²) in [5, 5.41) is 13.4. The number of carbonyl (C=O) groups is 2. The van der Waals surface area contributed by atoms with Gasteiger partial charge in [-0.05, 0) is 18.2 Å². The van der Waals surface area contributed by atoms with Crippen molar-refractivity contribution in [2.75, 3.05) is 11.4 Å². The van der Waals surface area contributed by atoms with Gasteiger partial charge in [0.2, 0.25) is 5.91 Å². The van der Waals surface area contributed by atoms with Crippen LogP contribution in [0, 0.1) is 5.92 Å². The second-order valence-corrected chi connectivity index (χ2v) is 5.13. The van der Waals surface area contributed by atoms with Gasteiger partial charge in [0.25, 0.3) is 0 Å². The van der Waals surface area contributed by atoms with Crippen LogP contribution in [0.3, 0.4) is 0 Å². The molecule has 1 aromatic carbocycles. The minimum absolute atomic E-state index is 0.0117. The van der Waals surface area contributed by atoms with E-state index >= 15 is 0 Å². The summed E-state index contributed by atoms with van der Waals surface area (Å²) in [5.41, 5.74) is 1.22. The van der Waals surface area contributed by atoms with Gasteiger partial charge in [0.05, 0.1) is 16.6 Å². The van der Waals surface area contributed by atoms with E-state index in [-0.39, 0.29) is 18.9 Å². The van der Waals surface area contributed by atoms with Crippen LogP contribution in [0.25, 0.3) is 5.69 Å². The van der Waals surface area contributed by atoms with E-state index in [0.29, 0.717) is 16.4 Å². The Morgan fingerprint density at radius 2 is 2.24 bits per heavy atom. The highest BCUT2D eigenvalue weighted by Gasteiger charge is 2.35. The van der Waals surface area contributed by atoms with Crippen molar-refractivity contribution < 1.29 is 14.7 Å². The first-order valence-electron chi connectivity index (χ1n) is 6.24. The lowest BCUT2D eigenvalue weighted by molar-refractivity contribution is -0.141. The van der Waals surface area contributed by atoms with Gasteiger partial charge in [-0.2, -0.15) is 5.10 Å². The van der Waals surface area contributed by atoms with Gasteiger partial charge in [-0.3, -0.25) is 9.59 Å². The number of aliphatic carboxylic acids is 1. The smallest absolute Gasteiger partial charge is 0.308 e. The lowest BCUT2D eigenvalue weighted by Gasteiger charge is -2.17. The van der Waals surface area contributed by atoms with E-state index < -0.39 is 11.9 Å². The molecule has 1 unspecified atom stereocenters. The number of hydrogen-bond donors (Lipinski definition) is 1. The normalized spacial score (nSPS) is 18.2. The lowest BCUT2D eigenvalue weighted by Crippen LogP contribution is -2.25. The van der Waals surface area contributed by atoms with Crippen LogP contribution < -0.4 is 4.90 Å². The van der Waals surface area contributed by atoms with Crippen molar-refractivity contribution in [3.8, 4) is 5.69 Å². The molecule has 1 aliphatic heterocycles. The topological polar surface area (TPSA) is 88.3 Å². The molecule has 108 valence electrons. The van der Waals surface area contributed by atoms with Gasteiger partial charge in [0.15, 0.2) is 0 Å². The molecule has 0 bridgehead atoms. The van der Waals surface area contributed by atoms with E-state index in [0.717, 1.165) is 0 Å². The minimum atomic E-state index is -0.962. The Hall–Kier alpha value is -2.41. The molecule has 8 heteroatoms. The standard InChI is InChI=1S/C13H11ClN4O3/c14-10-4-9(1-2-11(10)18-7-15-6-16-18)17-5-8(13(20)21)3-12(17)19/h1-2,4,6-8H,3,5H2,(H,20,21). The van der Waals surface area contributed by atoms with Gasteiger partial charge in [0.1, 0.15) is 12.7 Å². The Kier molecular flexibility index (Phi) is 3.34. The van der Waals surface area contributed by atoms with Crippen molar-refractivity contribution in [3.63, 3.8) is 0 Å². The second kappa shape index (κ2) is 5.17. The summed E-state index contributed by atoms with van der Waals surface area (Å²) in [6.45, 7) is 0.160. The van der Waals surface area contributed by atoms with Crippen molar-refractivity contribution >= 4 is 29.2 Å². The van der Waals surface area contributed by atoms with E-state index in [1.807, 2.05) is 0 Å². The molecule has 1 fully saturated rings. The molecule has 0 aliphatic carbocycles. The first-order valence-corrected chi connectivity index (χ1v) is 6.62.